The van der Waals surface area contributed by atoms with E-state index in [4.69, 9.17) is 4.74 Å². The van der Waals surface area contributed by atoms with Crippen LogP contribution in [0.4, 0.5) is 5.69 Å². The molecule has 0 aromatic heterocycles. The molecule has 0 aliphatic carbocycles. The Morgan fingerprint density at radius 1 is 1.50 bits per heavy atom. The summed E-state index contributed by atoms with van der Waals surface area (Å²) in [5.41, 5.74) is 0.894. The maximum absolute atomic E-state index is 10.8. The lowest BCUT2D eigenvalue weighted by atomic mass is 10.1. The first-order valence-electron chi connectivity index (χ1n) is 6.05. The summed E-state index contributed by atoms with van der Waals surface area (Å²) >= 11 is 3.26. The van der Waals surface area contributed by atoms with Crippen LogP contribution < -0.4 is 0 Å². The maximum atomic E-state index is 10.8. The summed E-state index contributed by atoms with van der Waals surface area (Å²) in [6, 6.07) is 4.99. The minimum Gasteiger partial charge on any atom is -0.376 e. The number of hydrogen-bond donors (Lipinski definition) is 0. The molecule has 0 aliphatic heterocycles. The van der Waals surface area contributed by atoms with Gasteiger partial charge in [0.25, 0.3) is 5.69 Å². The van der Waals surface area contributed by atoms with Crippen LogP contribution in [-0.4, -0.2) is 11.5 Å². The normalized spacial score (nSPS) is 12.4. The molecule has 0 aliphatic rings. The molecule has 0 radical (unpaired) electrons. The SMILES string of the molecule is CCCC(C)COCc1cccc([N+](=O)[O-])c1Br. The van der Waals surface area contributed by atoms with Gasteiger partial charge in [0.1, 0.15) is 4.47 Å². The lowest BCUT2D eigenvalue weighted by Gasteiger charge is -2.11. The topological polar surface area (TPSA) is 52.4 Å². The third-order valence-electron chi connectivity index (χ3n) is 2.70. The molecular formula is C13H18BrNO3. The Hall–Kier alpha value is -0.940. The van der Waals surface area contributed by atoms with Gasteiger partial charge >= 0.3 is 0 Å². The van der Waals surface area contributed by atoms with E-state index in [2.05, 4.69) is 29.8 Å². The Labute approximate surface area is 116 Å². The van der Waals surface area contributed by atoms with E-state index in [9.17, 15) is 10.1 Å². The molecular weight excluding hydrogens is 298 g/mol. The van der Waals surface area contributed by atoms with Crippen LogP contribution in [0, 0.1) is 16.0 Å². The highest BCUT2D eigenvalue weighted by Gasteiger charge is 2.14. The molecule has 0 saturated heterocycles. The van der Waals surface area contributed by atoms with Crippen molar-refractivity contribution >= 4 is 21.6 Å². The highest BCUT2D eigenvalue weighted by atomic mass is 79.9. The van der Waals surface area contributed by atoms with Crippen LogP contribution >= 0.6 is 15.9 Å². The molecule has 1 atom stereocenters. The van der Waals surface area contributed by atoms with Crippen molar-refractivity contribution in [3.05, 3.63) is 38.3 Å². The fraction of sp³-hybridized carbons (Fsp3) is 0.538. The van der Waals surface area contributed by atoms with Crippen molar-refractivity contribution in [3.63, 3.8) is 0 Å². The average Bonchev–Trinajstić information content (AvgIpc) is 2.31. The zero-order valence-electron chi connectivity index (χ0n) is 10.7. The van der Waals surface area contributed by atoms with E-state index >= 15 is 0 Å². The summed E-state index contributed by atoms with van der Waals surface area (Å²) in [7, 11) is 0. The second-order valence-electron chi connectivity index (χ2n) is 4.42. The number of nitro groups is 1. The quantitative estimate of drug-likeness (QED) is 0.556. The number of ether oxygens (including phenoxy) is 1. The van der Waals surface area contributed by atoms with Crippen LogP contribution in [0.25, 0.3) is 0 Å². The molecule has 0 fully saturated rings. The van der Waals surface area contributed by atoms with E-state index in [1.54, 1.807) is 6.07 Å². The molecule has 0 heterocycles. The standard InChI is InChI=1S/C13H18BrNO3/c1-3-5-10(2)8-18-9-11-6-4-7-12(13(11)14)15(16)17/h4,6-7,10H,3,5,8-9H2,1-2H3. The van der Waals surface area contributed by atoms with Crippen molar-refractivity contribution in [3.8, 4) is 0 Å². The van der Waals surface area contributed by atoms with Crippen LogP contribution in [0.2, 0.25) is 0 Å². The van der Waals surface area contributed by atoms with Crippen molar-refractivity contribution in [2.24, 2.45) is 5.92 Å². The molecule has 0 amide bonds. The van der Waals surface area contributed by atoms with Crippen molar-refractivity contribution in [2.75, 3.05) is 6.61 Å². The van der Waals surface area contributed by atoms with Crippen LogP contribution in [0.15, 0.2) is 22.7 Å². The van der Waals surface area contributed by atoms with Gasteiger partial charge in [-0.25, -0.2) is 0 Å². The van der Waals surface area contributed by atoms with E-state index < -0.39 is 4.92 Å². The lowest BCUT2D eigenvalue weighted by molar-refractivity contribution is -0.385. The molecule has 0 spiro atoms. The van der Waals surface area contributed by atoms with E-state index in [0.717, 1.165) is 18.4 Å². The fourth-order valence-corrected chi connectivity index (χ4v) is 2.29. The monoisotopic (exact) mass is 315 g/mol. The number of benzene rings is 1. The van der Waals surface area contributed by atoms with Gasteiger partial charge in [-0.1, -0.05) is 32.4 Å². The summed E-state index contributed by atoms with van der Waals surface area (Å²) in [4.78, 5) is 10.4. The predicted molar refractivity (Wildman–Crippen MR) is 74.5 cm³/mol. The zero-order valence-corrected chi connectivity index (χ0v) is 12.3. The van der Waals surface area contributed by atoms with Gasteiger partial charge in [-0.2, -0.15) is 0 Å². The molecule has 0 bridgehead atoms. The Bertz CT molecular complexity index is 409. The molecule has 100 valence electrons. The van der Waals surface area contributed by atoms with E-state index in [1.165, 1.54) is 6.07 Å². The Kier molecular flexibility index (Phi) is 6.29. The largest absolute Gasteiger partial charge is 0.376 e. The van der Waals surface area contributed by atoms with Gasteiger partial charge in [-0.15, -0.1) is 0 Å². The van der Waals surface area contributed by atoms with Crippen molar-refractivity contribution in [1.82, 2.24) is 0 Å². The highest BCUT2D eigenvalue weighted by Crippen LogP contribution is 2.28. The molecule has 1 aromatic rings. The number of rotatable bonds is 7. The zero-order chi connectivity index (χ0) is 13.5. The molecule has 1 unspecified atom stereocenters. The van der Waals surface area contributed by atoms with Crippen LogP contribution in [0.5, 0.6) is 0 Å². The fourth-order valence-electron chi connectivity index (χ4n) is 1.76. The first-order valence-corrected chi connectivity index (χ1v) is 6.85. The van der Waals surface area contributed by atoms with Gasteiger partial charge in [-0.05, 0) is 33.8 Å². The third-order valence-corrected chi connectivity index (χ3v) is 3.61. The van der Waals surface area contributed by atoms with Crippen molar-refractivity contribution in [1.29, 1.82) is 0 Å². The molecule has 18 heavy (non-hydrogen) atoms. The van der Waals surface area contributed by atoms with Crippen molar-refractivity contribution < 1.29 is 9.66 Å². The highest BCUT2D eigenvalue weighted by molar-refractivity contribution is 9.10. The van der Waals surface area contributed by atoms with Gasteiger partial charge < -0.3 is 4.74 Å². The number of nitro benzene ring substituents is 1. The molecule has 1 aromatic carbocycles. The van der Waals surface area contributed by atoms with Gasteiger partial charge in [0.15, 0.2) is 0 Å². The molecule has 0 saturated carbocycles. The van der Waals surface area contributed by atoms with Crippen molar-refractivity contribution in [2.45, 2.75) is 33.3 Å². The minimum atomic E-state index is -0.396. The molecule has 0 N–H and O–H groups in total. The van der Waals surface area contributed by atoms with E-state index in [0.29, 0.717) is 23.6 Å². The third kappa shape index (κ3) is 4.38. The number of halogens is 1. The number of hydrogen-bond acceptors (Lipinski definition) is 3. The van der Waals surface area contributed by atoms with Gasteiger partial charge in [0.05, 0.1) is 11.5 Å². The van der Waals surface area contributed by atoms with Gasteiger partial charge in [-0.3, -0.25) is 10.1 Å². The predicted octanol–water partition coefficient (Wildman–Crippen LogP) is 4.31. The lowest BCUT2D eigenvalue weighted by Crippen LogP contribution is -2.06. The second kappa shape index (κ2) is 7.48. The van der Waals surface area contributed by atoms with Crippen LogP contribution in [0.1, 0.15) is 32.3 Å². The van der Waals surface area contributed by atoms with Crippen LogP contribution in [-0.2, 0) is 11.3 Å². The molecule has 4 nitrogen and oxygen atoms in total. The Morgan fingerprint density at radius 2 is 2.22 bits per heavy atom. The minimum absolute atomic E-state index is 0.0812. The van der Waals surface area contributed by atoms with E-state index in [1.807, 2.05) is 6.07 Å². The summed E-state index contributed by atoms with van der Waals surface area (Å²) in [5.74, 6) is 0.521. The van der Waals surface area contributed by atoms with Gasteiger partial charge in [0.2, 0.25) is 0 Å². The summed E-state index contributed by atoms with van der Waals surface area (Å²) in [6.07, 6.45) is 2.28. The second-order valence-corrected chi connectivity index (χ2v) is 5.21. The Balaban J connectivity index is 2.57. The Morgan fingerprint density at radius 3 is 2.83 bits per heavy atom. The summed E-state index contributed by atoms with van der Waals surface area (Å²) in [6.45, 7) is 5.37. The first-order chi connectivity index (χ1) is 8.56. The summed E-state index contributed by atoms with van der Waals surface area (Å²) < 4.78 is 6.11. The molecule has 5 heteroatoms. The van der Waals surface area contributed by atoms with Gasteiger partial charge in [0, 0.05) is 12.7 Å². The maximum Gasteiger partial charge on any atom is 0.283 e. The number of nitrogens with zero attached hydrogens (tertiary/aromatic N) is 1. The summed E-state index contributed by atoms with van der Waals surface area (Å²) in [5, 5.41) is 10.8. The molecule has 1 rings (SSSR count). The van der Waals surface area contributed by atoms with Crippen LogP contribution in [0.3, 0.4) is 0 Å². The van der Waals surface area contributed by atoms with E-state index in [-0.39, 0.29) is 5.69 Å². The average molecular weight is 316 g/mol. The first kappa shape index (κ1) is 15.1. The smallest absolute Gasteiger partial charge is 0.283 e.